The number of para-hydroxylation sites is 1. The van der Waals surface area contributed by atoms with Crippen molar-refractivity contribution < 1.29 is 14.3 Å². The van der Waals surface area contributed by atoms with Gasteiger partial charge in [0.15, 0.2) is 17.3 Å². The second-order valence-electron chi connectivity index (χ2n) is 8.91. The van der Waals surface area contributed by atoms with E-state index in [1.807, 2.05) is 24.3 Å². The van der Waals surface area contributed by atoms with E-state index < -0.39 is 0 Å². The van der Waals surface area contributed by atoms with Crippen molar-refractivity contribution in [2.45, 2.75) is 25.8 Å². The Balaban J connectivity index is 1.36. The lowest BCUT2D eigenvalue weighted by molar-refractivity contribution is 0.101. The fourth-order valence-electron chi connectivity index (χ4n) is 5.10. The molecule has 1 aromatic heterocycles. The standard InChI is InChI=1S/C29H26N2O3/c1-19(32)21-8-4-6-20(16-21)7-5-14-31-15-13-24-23-9-2-3-10-25(23)30-28(24)29(31)22-11-12-26-27(17-22)34-18-33-26/h2-6,8-12,14,16-17,29-30H,7,13,15,18H2,1H3/b14-5+. The van der Waals surface area contributed by atoms with E-state index >= 15 is 0 Å². The van der Waals surface area contributed by atoms with Gasteiger partial charge in [0.25, 0.3) is 0 Å². The van der Waals surface area contributed by atoms with Crippen molar-refractivity contribution in [2.75, 3.05) is 13.3 Å². The number of ketones is 1. The molecule has 6 rings (SSSR count). The molecule has 0 saturated carbocycles. The molecule has 170 valence electrons. The van der Waals surface area contributed by atoms with E-state index in [4.69, 9.17) is 9.47 Å². The molecule has 4 aromatic rings. The van der Waals surface area contributed by atoms with Gasteiger partial charge >= 0.3 is 0 Å². The number of nitrogens with zero attached hydrogens (tertiary/aromatic N) is 1. The lowest BCUT2D eigenvalue weighted by Gasteiger charge is -2.35. The van der Waals surface area contributed by atoms with Crippen LogP contribution in [0.1, 0.15) is 45.7 Å². The molecule has 0 spiro atoms. The van der Waals surface area contributed by atoms with Crippen molar-refractivity contribution >= 4 is 16.7 Å². The first kappa shape index (κ1) is 20.6. The zero-order chi connectivity index (χ0) is 23.1. The molecule has 0 amide bonds. The average molecular weight is 451 g/mol. The largest absolute Gasteiger partial charge is 0.454 e. The van der Waals surface area contributed by atoms with Gasteiger partial charge in [-0.2, -0.15) is 0 Å². The molecule has 1 atom stereocenters. The summed E-state index contributed by atoms with van der Waals surface area (Å²) in [6.45, 7) is 2.79. The van der Waals surface area contributed by atoms with Crippen LogP contribution in [0.2, 0.25) is 0 Å². The van der Waals surface area contributed by atoms with Gasteiger partial charge in [0.05, 0.1) is 6.04 Å². The van der Waals surface area contributed by atoms with Gasteiger partial charge in [0, 0.05) is 28.7 Å². The van der Waals surface area contributed by atoms with E-state index in [2.05, 4.69) is 64.6 Å². The van der Waals surface area contributed by atoms with E-state index in [-0.39, 0.29) is 18.6 Å². The monoisotopic (exact) mass is 450 g/mol. The number of benzene rings is 3. The second-order valence-corrected chi connectivity index (χ2v) is 8.91. The minimum absolute atomic E-state index is 0.0467. The van der Waals surface area contributed by atoms with Gasteiger partial charge in [-0.3, -0.25) is 4.79 Å². The maximum atomic E-state index is 11.7. The first-order valence-corrected chi connectivity index (χ1v) is 11.7. The number of allylic oxidation sites excluding steroid dienone is 1. The van der Waals surface area contributed by atoms with Crippen molar-refractivity contribution in [1.82, 2.24) is 9.88 Å². The van der Waals surface area contributed by atoms with Gasteiger partial charge in [0.1, 0.15) is 0 Å². The third-order valence-electron chi connectivity index (χ3n) is 6.77. The van der Waals surface area contributed by atoms with Gasteiger partial charge in [-0.05, 0) is 66.9 Å². The lowest BCUT2D eigenvalue weighted by Crippen LogP contribution is -2.32. The number of hydrogen-bond acceptors (Lipinski definition) is 4. The predicted octanol–water partition coefficient (Wildman–Crippen LogP) is 5.80. The molecule has 0 radical (unpaired) electrons. The molecule has 2 aliphatic rings. The van der Waals surface area contributed by atoms with Crippen LogP contribution in [0, 0.1) is 0 Å². The third kappa shape index (κ3) is 3.63. The van der Waals surface area contributed by atoms with Gasteiger partial charge in [-0.15, -0.1) is 0 Å². The Morgan fingerprint density at radius 3 is 2.85 bits per heavy atom. The molecular weight excluding hydrogens is 424 g/mol. The summed E-state index contributed by atoms with van der Waals surface area (Å²) in [6, 6.07) is 22.7. The number of rotatable bonds is 5. The highest BCUT2D eigenvalue weighted by Gasteiger charge is 2.31. The van der Waals surface area contributed by atoms with Crippen molar-refractivity contribution in [1.29, 1.82) is 0 Å². The van der Waals surface area contributed by atoms with Crippen LogP contribution in [-0.4, -0.2) is 29.0 Å². The summed E-state index contributed by atoms with van der Waals surface area (Å²) in [5.74, 6) is 1.69. The van der Waals surface area contributed by atoms with Gasteiger partial charge in [0.2, 0.25) is 6.79 Å². The lowest BCUT2D eigenvalue weighted by atomic mass is 9.92. The van der Waals surface area contributed by atoms with E-state index in [0.717, 1.165) is 42.0 Å². The van der Waals surface area contributed by atoms with Crippen LogP contribution in [0.15, 0.2) is 79.0 Å². The Bertz CT molecular complexity index is 1420. The molecule has 34 heavy (non-hydrogen) atoms. The van der Waals surface area contributed by atoms with Gasteiger partial charge < -0.3 is 19.4 Å². The normalized spacial score (nSPS) is 16.9. The topological polar surface area (TPSA) is 54.6 Å². The Morgan fingerprint density at radius 2 is 1.94 bits per heavy atom. The number of ether oxygens (including phenoxy) is 2. The fourth-order valence-corrected chi connectivity index (χ4v) is 5.10. The molecule has 1 N–H and O–H groups in total. The number of aromatic amines is 1. The first-order valence-electron chi connectivity index (χ1n) is 11.7. The molecule has 0 aliphatic carbocycles. The Labute approximate surface area is 198 Å². The Kier molecular flexibility index (Phi) is 5.10. The molecule has 5 heteroatoms. The number of H-pyrrole nitrogens is 1. The summed E-state index contributed by atoms with van der Waals surface area (Å²) in [5, 5.41) is 1.30. The fraction of sp³-hybridized carbons (Fsp3) is 0.207. The highest BCUT2D eigenvalue weighted by molar-refractivity contribution is 5.94. The predicted molar refractivity (Wildman–Crippen MR) is 132 cm³/mol. The van der Waals surface area contributed by atoms with Crippen molar-refractivity contribution in [3.05, 3.63) is 107 Å². The molecule has 2 aliphatic heterocycles. The number of fused-ring (bicyclic) bond motifs is 4. The van der Waals surface area contributed by atoms with Gasteiger partial charge in [-0.1, -0.05) is 48.5 Å². The highest BCUT2D eigenvalue weighted by Crippen LogP contribution is 2.42. The van der Waals surface area contributed by atoms with Crippen LogP contribution >= 0.6 is 0 Å². The number of hydrogen-bond donors (Lipinski definition) is 1. The van der Waals surface area contributed by atoms with Crippen LogP contribution in [-0.2, 0) is 12.8 Å². The Hall–Kier alpha value is -3.99. The SMILES string of the molecule is CC(=O)c1cccc(C/C=C/N2CCc3c([nH]c4ccccc34)C2c2ccc3c(c2)OCO3)c1. The van der Waals surface area contributed by atoms with Crippen LogP contribution in [0.5, 0.6) is 11.5 Å². The van der Waals surface area contributed by atoms with E-state index in [9.17, 15) is 4.79 Å². The van der Waals surface area contributed by atoms with Crippen LogP contribution < -0.4 is 9.47 Å². The van der Waals surface area contributed by atoms with Crippen LogP contribution in [0.3, 0.4) is 0 Å². The highest BCUT2D eigenvalue weighted by atomic mass is 16.7. The maximum Gasteiger partial charge on any atom is 0.231 e. The summed E-state index contributed by atoms with van der Waals surface area (Å²) < 4.78 is 11.2. The van der Waals surface area contributed by atoms with E-state index in [1.165, 1.54) is 27.7 Å². The van der Waals surface area contributed by atoms with Crippen molar-refractivity contribution in [3.63, 3.8) is 0 Å². The molecule has 5 nitrogen and oxygen atoms in total. The first-order chi connectivity index (χ1) is 16.7. The molecule has 1 unspecified atom stereocenters. The molecule has 3 aromatic carbocycles. The zero-order valence-corrected chi connectivity index (χ0v) is 19.1. The Morgan fingerprint density at radius 1 is 1.06 bits per heavy atom. The maximum absolute atomic E-state index is 11.7. The van der Waals surface area contributed by atoms with Gasteiger partial charge in [-0.25, -0.2) is 0 Å². The summed E-state index contributed by atoms with van der Waals surface area (Å²) >= 11 is 0. The summed E-state index contributed by atoms with van der Waals surface area (Å²) in [4.78, 5) is 17.8. The molecule has 0 bridgehead atoms. The van der Waals surface area contributed by atoms with E-state index in [1.54, 1.807) is 6.92 Å². The van der Waals surface area contributed by atoms with Crippen LogP contribution in [0.4, 0.5) is 0 Å². The molecule has 0 fully saturated rings. The molecular formula is C29H26N2O3. The molecule has 3 heterocycles. The van der Waals surface area contributed by atoms with Crippen molar-refractivity contribution in [2.24, 2.45) is 0 Å². The van der Waals surface area contributed by atoms with Crippen molar-refractivity contribution in [3.8, 4) is 11.5 Å². The zero-order valence-electron chi connectivity index (χ0n) is 19.1. The van der Waals surface area contributed by atoms with E-state index in [0.29, 0.717) is 0 Å². The number of carbonyl (C=O) groups is 1. The summed E-state index contributed by atoms with van der Waals surface area (Å²) in [7, 11) is 0. The quantitative estimate of drug-likeness (QED) is 0.390. The minimum atomic E-state index is 0.0467. The smallest absolute Gasteiger partial charge is 0.231 e. The second kappa shape index (κ2) is 8.41. The summed E-state index contributed by atoms with van der Waals surface area (Å²) in [5.41, 5.74) is 6.84. The number of nitrogens with one attached hydrogen (secondary N) is 1. The average Bonchev–Trinajstić information content (AvgIpc) is 3.48. The summed E-state index contributed by atoms with van der Waals surface area (Å²) in [6.07, 6.45) is 6.13. The third-order valence-corrected chi connectivity index (χ3v) is 6.77. The minimum Gasteiger partial charge on any atom is -0.454 e. The number of carbonyl (C=O) groups excluding carboxylic acids is 1. The number of Topliss-reactive ketones (excluding diaryl/α,β-unsaturated/α-hetero) is 1. The molecule has 0 saturated heterocycles. The number of aromatic nitrogens is 1. The van der Waals surface area contributed by atoms with Crippen LogP contribution in [0.25, 0.3) is 10.9 Å².